The molecular weight excluding hydrogens is 428 g/mol. The number of rotatable bonds is 9. The van der Waals surface area contributed by atoms with Crippen LogP contribution >= 0.6 is 11.9 Å². The van der Waals surface area contributed by atoms with Crippen LogP contribution in [-0.2, 0) is 10.8 Å². The van der Waals surface area contributed by atoms with Crippen LogP contribution in [0.2, 0.25) is 0 Å². The number of carbonyl (C=O) groups is 1. The van der Waals surface area contributed by atoms with Gasteiger partial charge in [-0.25, -0.2) is 4.29 Å². The zero-order valence-electron chi connectivity index (χ0n) is 17.4. The molecule has 1 aromatic heterocycles. The fourth-order valence-corrected chi connectivity index (χ4v) is 3.83. The molecule has 0 saturated heterocycles. The molecule has 0 radical (unpaired) electrons. The molecule has 1 heterocycles. The van der Waals surface area contributed by atoms with E-state index in [0.717, 1.165) is 22.2 Å². The average Bonchev–Trinajstić information content (AvgIpc) is 3.21. The zero-order valence-corrected chi connectivity index (χ0v) is 18.2. The second-order valence-corrected chi connectivity index (χ2v) is 7.52. The van der Waals surface area contributed by atoms with Crippen LogP contribution in [0, 0.1) is 0 Å². The van der Waals surface area contributed by atoms with Gasteiger partial charge in [0.05, 0.1) is 25.5 Å². The number of benzene rings is 3. The lowest BCUT2D eigenvalue weighted by atomic mass is 9.96. The summed E-state index contributed by atoms with van der Waals surface area (Å²) in [5.41, 5.74) is 2.94. The number of para-hydroxylation sites is 1. The van der Waals surface area contributed by atoms with Gasteiger partial charge in [-0.05, 0) is 23.8 Å². The molecule has 0 aliphatic rings. The third-order valence-corrected chi connectivity index (χ3v) is 5.49. The van der Waals surface area contributed by atoms with Gasteiger partial charge in [0.25, 0.3) is 0 Å². The number of nitrogens with zero attached hydrogens (tertiary/aromatic N) is 1. The van der Waals surface area contributed by atoms with Crippen LogP contribution in [0.25, 0.3) is 10.9 Å². The highest BCUT2D eigenvalue weighted by Gasteiger charge is 2.26. The Hall–Kier alpha value is -3.32. The summed E-state index contributed by atoms with van der Waals surface area (Å²) in [5, 5.41) is 14.0. The standard InChI is InChI=1S/C25H23ClN2O4/c1-31-19-11-7-10-18(14-19)27-24(17-8-3-2-4-9-17)25(30)21-15-28(16-23(29)32-26)22-13-6-5-12-20(21)22/h2-15,23-24,27,29H,16H2,1H3. The molecule has 2 N–H and O–H groups in total. The average molecular weight is 451 g/mol. The van der Waals surface area contributed by atoms with Gasteiger partial charge in [-0.3, -0.25) is 4.79 Å². The number of Topliss-reactive ketones (excluding diaryl/α,β-unsaturated/α-hetero) is 1. The summed E-state index contributed by atoms with van der Waals surface area (Å²) in [5.74, 6) is 0.594. The zero-order chi connectivity index (χ0) is 22.5. The highest BCUT2D eigenvalue weighted by Crippen LogP contribution is 2.30. The predicted molar refractivity (Wildman–Crippen MR) is 125 cm³/mol. The molecule has 4 rings (SSSR count). The molecule has 3 aromatic carbocycles. The summed E-state index contributed by atoms with van der Waals surface area (Å²) in [6, 6.07) is 23.9. The van der Waals surface area contributed by atoms with Gasteiger partial charge in [0, 0.05) is 34.4 Å². The van der Waals surface area contributed by atoms with Crippen molar-refractivity contribution in [2.24, 2.45) is 0 Å². The SMILES string of the molecule is COc1cccc(NC(C(=O)c2cn(CC(O)OCl)c3ccccc23)c2ccccc2)c1. The maximum absolute atomic E-state index is 13.9. The van der Waals surface area contributed by atoms with Crippen molar-refractivity contribution in [1.29, 1.82) is 0 Å². The number of hydrogen-bond donors (Lipinski definition) is 2. The van der Waals surface area contributed by atoms with Crippen molar-refractivity contribution < 1.29 is 18.9 Å². The monoisotopic (exact) mass is 450 g/mol. The van der Waals surface area contributed by atoms with E-state index in [1.54, 1.807) is 17.9 Å². The second kappa shape index (κ2) is 9.87. The minimum Gasteiger partial charge on any atom is -0.497 e. The van der Waals surface area contributed by atoms with Crippen molar-refractivity contribution in [3.8, 4) is 5.75 Å². The molecule has 7 heteroatoms. The lowest BCUT2D eigenvalue weighted by molar-refractivity contribution is -0.0221. The molecule has 164 valence electrons. The van der Waals surface area contributed by atoms with Crippen molar-refractivity contribution in [2.75, 3.05) is 12.4 Å². The Balaban J connectivity index is 1.76. The van der Waals surface area contributed by atoms with E-state index in [2.05, 4.69) is 9.61 Å². The summed E-state index contributed by atoms with van der Waals surface area (Å²) in [7, 11) is 1.60. The Morgan fingerprint density at radius 3 is 2.56 bits per heavy atom. The molecule has 2 atom stereocenters. The first-order valence-corrected chi connectivity index (χ1v) is 10.4. The topological polar surface area (TPSA) is 72.7 Å². The van der Waals surface area contributed by atoms with Crippen LogP contribution in [0.1, 0.15) is 22.0 Å². The Kier molecular flexibility index (Phi) is 6.75. The van der Waals surface area contributed by atoms with E-state index in [4.69, 9.17) is 16.6 Å². The van der Waals surface area contributed by atoms with Crippen LogP contribution in [0.3, 0.4) is 0 Å². The molecule has 2 unspecified atom stereocenters. The quantitative estimate of drug-likeness (QED) is 0.272. The summed E-state index contributed by atoms with van der Waals surface area (Å²) >= 11 is 5.32. The van der Waals surface area contributed by atoms with E-state index in [9.17, 15) is 9.90 Å². The maximum atomic E-state index is 13.9. The Morgan fingerprint density at radius 2 is 1.81 bits per heavy atom. The number of aromatic nitrogens is 1. The van der Waals surface area contributed by atoms with E-state index >= 15 is 0 Å². The highest BCUT2D eigenvalue weighted by atomic mass is 35.5. The minimum atomic E-state index is -1.20. The Bertz CT molecular complexity index is 1210. The number of nitrogens with one attached hydrogen (secondary N) is 1. The molecule has 0 amide bonds. The molecule has 0 bridgehead atoms. The number of ketones is 1. The second-order valence-electron chi connectivity index (χ2n) is 7.34. The summed E-state index contributed by atoms with van der Waals surface area (Å²) in [4.78, 5) is 13.9. The van der Waals surface area contributed by atoms with Gasteiger partial charge in [0.1, 0.15) is 11.8 Å². The van der Waals surface area contributed by atoms with Crippen LogP contribution < -0.4 is 10.1 Å². The maximum Gasteiger partial charge on any atom is 0.192 e. The third kappa shape index (κ3) is 4.62. The molecule has 0 aliphatic heterocycles. The van der Waals surface area contributed by atoms with Gasteiger partial charge in [0.15, 0.2) is 12.1 Å². The van der Waals surface area contributed by atoms with E-state index in [-0.39, 0.29) is 12.3 Å². The third-order valence-electron chi connectivity index (χ3n) is 5.29. The van der Waals surface area contributed by atoms with Gasteiger partial charge in [-0.15, -0.1) is 0 Å². The molecule has 0 spiro atoms. The predicted octanol–water partition coefficient (Wildman–Crippen LogP) is 5.17. The normalized spacial score (nSPS) is 13.0. The number of hydrogen-bond acceptors (Lipinski definition) is 5. The number of aliphatic hydroxyl groups excluding tert-OH is 1. The fraction of sp³-hybridized carbons (Fsp3) is 0.160. The van der Waals surface area contributed by atoms with E-state index in [1.165, 1.54) is 0 Å². The first-order chi connectivity index (χ1) is 15.6. The van der Waals surface area contributed by atoms with E-state index < -0.39 is 12.3 Å². The van der Waals surface area contributed by atoms with Crippen molar-refractivity contribution in [3.63, 3.8) is 0 Å². The van der Waals surface area contributed by atoms with Crippen LogP contribution in [-0.4, -0.2) is 28.9 Å². The summed E-state index contributed by atoms with van der Waals surface area (Å²) < 4.78 is 11.6. The van der Waals surface area contributed by atoms with Crippen molar-refractivity contribution in [1.82, 2.24) is 4.57 Å². The largest absolute Gasteiger partial charge is 0.497 e. The summed E-state index contributed by atoms with van der Waals surface area (Å²) in [6.07, 6.45) is 0.533. The first kappa shape index (κ1) is 21.9. The first-order valence-electron chi connectivity index (χ1n) is 10.1. The number of ether oxygens (including phenoxy) is 1. The van der Waals surface area contributed by atoms with Crippen LogP contribution in [0.4, 0.5) is 5.69 Å². The minimum absolute atomic E-state index is 0.0939. The molecule has 6 nitrogen and oxygen atoms in total. The van der Waals surface area contributed by atoms with E-state index in [0.29, 0.717) is 11.3 Å². The van der Waals surface area contributed by atoms with Gasteiger partial charge in [0.2, 0.25) is 0 Å². The summed E-state index contributed by atoms with van der Waals surface area (Å²) in [6.45, 7) is 0.0939. The van der Waals surface area contributed by atoms with Gasteiger partial charge >= 0.3 is 0 Å². The lowest BCUT2D eigenvalue weighted by Crippen LogP contribution is -2.21. The van der Waals surface area contributed by atoms with Crippen molar-refractivity contribution in [2.45, 2.75) is 18.9 Å². The van der Waals surface area contributed by atoms with Gasteiger partial charge in [-0.1, -0.05) is 54.6 Å². The molecular formula is C25H23ClN2O4. The van der Waals surface area contributed by atoms with Gasteiger partial charge < -0.3 is 19.7 Å². The number of aliphatic hydroxyl groups is 1. The fourth-order valence-electron chi connectivity index (χ4n) is 3.77. The van der Waals surface area contributed by atoms with Crippen molar-refractivity contribution >= 4 is 34.2 Å². The van der Waals surface area contributed by atoms with Crippen LogP contribution in [0.15, 0.2) is 85.1 Å². The van der Waals surface area contributed by atoms with E-state index in [1.807, 2.05) is 78.9 Å². The van der Waals surface area contributed by atoms with Gasteiger partial charge in [-0.2, -0.15) is 0 Å². The Morgan fingerprint density at radius 1 is 1.06 bits per heavy atom. The molecule has 0 aliphatic carbocycles. The van der Waals surface area contributed by atoms with Crippen molar-refractivity contribution in [3.05, 3.63) is 96.2 Å². The smallest absolute Gasteiger partial charge is 0.192 e. The lowest BCUT2D eigenvalue weighted by Gasteiger charge is -2.19. The number of halogens is 1. The highest BCUT2D eigenvalue weighted by molar-refractivity contribution is 6.11. The molecule has 0 saturated carbocycles. The molecule has 0 fully saturated rings. The molecule has 32 heavy (non-hydrogen) atoms. The number of methoxy groups -OCH3 is 1. The van der Waals surface area contributed by atoms with Crippen LogP contribution in [0.5, 0.6) is 5.75 Å². The number of fused-ring (bicyclic) bond motifs is 1. The number of carbonyl (C=O) groups excluding carboxylic acids is 1. The number of anilines is 1. The molecule has 4 aromatic rings. The Labute approximate surface area is 191 Å².